The fraction of sp³-hybridized carbons (Fsp3) is 0.667. The number of piperidine rings is 1. The van der Waals surface area contributed by atoms with Gasteiger partial charge in [0.05, 0.1) is 0 Å². The summed E-state index contributed by atoms with van der Waals surface area (Å²) in [6.45, 7) is 3.90. The molecule has 2 heterocycles. The lowest BCUT2D eigenvalue weighted by molar-refractivity contribution is -0.138. The van der Waals surface area contributed by atoms with Crippen LogP contribution in [0.3, 0.4) is 0 Å². The zero-order valence-electron chi connectivity index (χ0n) is 10.4. The number of nitrogens with zero attached hydrogens (tertiary/aromatic N) is 1. The SMILES string of the molecule is CC(=O)N1CCC(SC2CCNCC2)=C1C(=O)O. The van der Waals surface area contributed by atoms with Crippen LogP contribution in [0.25, 0.3) is 0 Å². The quantitative estimate of drug-likeness (QED) is 0.801. The van der Waals surface area contributed by atoms with Gasteiger partial charge in [0, 0.05) is 23.6 Å². The molecular weight excluding hydrogens is 252 g/mol. The fourth-order valence-electron chi connectivity index (χ4n) is 2.37. The normalized spacial score (nSPS) is 21.5. The van der Waals surface area contributed by atoms with E-state index in [4.69, 9.17) is 0 Å². The van der Waals surface area contributed by atoms with Crippen molar-refractivity contribution in [2.24, 2.45) is 0 Å². The molecule has 0 aromatic carbocycles. The Morgan fingerprint density at radius 3 is 2.61 bits per heavy atom. The summed E-state index contributed by atoms with van der Waals surface area (Å²) < 4.78 is 0. The minimum Gasteiger partial charge on any atom is -0.477 e. The first-order chi connectivity index (χ1) is 8.59. The van der Waals surface area contributed by atoms with Crippen LogP contribution in [0.15, 0.2) is 10.6 Å². The van der Waals surface area contributed by atoms with Gasteiger partial charge < -0.3 is 15.3 Å². The molecule has 6 heteroatoms. The van der Waals surface area contributed by atoms with Crippen LogP contribution < -0.4 is 5.32 Å². The lowest BCUT2D eigenvalue weighted by Crippen LogP contribution is -2.30. The summed E-state index contributed by atoms with van der Waals surface area (Å²) in [5.41, 5.74) is 0.200. The Morgan fingerprint density at radius 1 is 1.39 bits per heavy atom. The second-order valence-electron chi connectivity index (χ2n) is 4.56. The largest absolute Gasteiger partial charge is 0.477 e. The van der Waals surface area contributed by atoms with Crippen molar-refractivity contribution in [3.63, 3.8) is 0 Å². The third-order valence-corrected chi connectivity index (χ3v) is 4.76. The lowest BCUT2D eigenvalue weighted by atomic mass is 10.2. The first-order valence-electron chi connectivity index (χ1n) is 6.21. The molecule has 18 heavy (non-hydrogen) atoms. The molecule has 0 aliphatic carbocycles. The van der Waals surface area contributed by atoms with Crippen LogP contribution in [0.2, 0.25) is 0 Å². The van der Waals surface area contributed by atoms with E-state index in [1.165, 1.54) is 11.8 Å². The molecule has 0 radical (unpaired) electrons. The molecule has 5 nitrogen and oxygen atoms in total. The van der Waals surface area contributed by atoms with Gasteiger partial charge in [-0.3, -0.25) is 4.79 Å². The second kappa shape index (κ2) is 5.75. The molecule has 0 aromatic heterocycles. The van der Waals surface area contributed by atoms with Gasteiger partial charge in [-0.05, 0) is 32.4 Å². The smallest absolute Gasteiger partial charge is 0.353 e. The summed E-state index contributed by atoms with van der Waals surface area (Å²) in [5, 5.41) is 13.0. The van der Waals surface area contributed by atoms with Crippen LogP contribution in [0.4, 0.5) is 0 Å². The molecule has 0 unspecified atom stereocenters. The molecule has 1 saturated heterocycles. The Kier molecular flexibility index (Phi) is 4.29. The highest BCUT2D eigenvalue weighted by Gasteiger charge is 2.32. The van der Waals surface area contributed by atoms with E-state index in [-0.39, 0.29) is 11.6 Å². The third kappa shape index (κ3) is 2.87. The summed E-state index contributed by atoms with van der Waals surface area (Å²) >= 11 is 1.65. The first-order valence-corrected chi connectivity index (χ1v) is 7.09. The van der Waals surface area contributed by atoms with E-state index in [1.807, 2.05) is 0 Å². The highest BCUT2D eigenvalue weighted by Crippen LogP contribution is 2.37. The molecular formula is C12H18N2O3S. The monoisotopic (exact) mass is 270 g/mol. The van der Waals surface area contributed by atoms with Crippen LogP contribution in [-0.4, -0.2) is 46.8 Å². The molecule has 1 fully saturated rings. The van der Waals surface area contributed by atoms with E-state index in [0.717, 1.165) is 30.8 Å². The summed E-state index contributed by atoms with van der Waals surface area (Å²) in [6.07, 6.45) is 2.79. The van der Waals surface area contributed by atoms with Crippen molar-refractivity contribution < 1.29 is 14.7 Å². The van der Waals surface area contributed by atoms with E-state index in [2.05, 4.69) is 5.32 Å². The second-order valence-corrected chi connectivity index (χ2v) is 5.96. The summed E-state index contributed by atoms with van der Waals surface area (Å²) in [5.74, 6) is -1.17. The van der Waals surface area contributed by atoms with Gasteiger partial charge in [-0.15, -0.1) is 11.8 Å². The Bertz CT molecular complexity index is 389. The van der Waals surface area contributed by atoms with Crippen molar-refractivity contribution in [1.82, 2.24) is 10.2 Å². The van der Waals surface area contributed by atoms with Crippen LogP contribution in [-0.2, 0) is 9.59 Å². The molecule has 100 valence electrons. The van der Waals surface area contributed by atoms with Gasteiger partial charge in [0.2, 0.25) is 5.91 Å². The standard InChI is InChI=1S/C12H18N2O3S/c1-8(15)14-7-4-10(11(14)12(16)17)18-9-2-5-13-6-3-9/h9,13H,2-7H2,1H3,(H,16,17). The van der Waals surface area contributed by atoms with E-state index in [9.17, 15) is 14.7 Å². The summed E-state index contributed by atoms with van der Waals surface area (Å²) in [7, 11) is 0. The van der Waals surface area contributed by atoms with Crippen molar-refractivity contribution >= 4 is 23.6 Å². The number of carbonyl (C=O) groups is 2. The fourth-order valence-corrected chi connectivity index (χ4v) is 3.76. The molecule has 2 aliphatic heterocycles. The van der Waals surface area contributed by atoms with Gasteiger partial charge in [0.25, 0.3) is 0 Å². The zero-order chi connectivity index (χ0) is 13.1. The van der Waals surface area contributed by atoms with Crippen molar-refractivity contribution in [3.05, 3.63) is 10.6 Å². The average Bonchev–Trinajstić information content (AvgIpc) is 2.74. The number of nitrogens with one attached hydrogen (secondary N) is 1. The Hall–Kier alpha value is -1.01. The van der Waals surface area contributed by atoms with Crippen LogP contribution >= 0.6 is 11.8 Å². The minimum atomic E-state index is -0.987. The Balaban J connectivity index is 2.12. The van der Waals surface area contributed by atoms with Crippen molar-refractivity contribution in [2.75, 3.05) is 19.6 Å². The predicted octanol–water partition coefficient (Wildman–Crippen LogP) is 1.02. The predicted molar refractivity (Wildman–Crippen MR) is 70.1 cm³/mol. The van der Waals surface area contributed by atoms with Gasteiger partial charge in [-0.1, -0.05) is 0 Å². The number of aliphatic carboxylic acids is 1. The maximum atomic E-state index is 11.4. The molecule has 0 bridgehead atoms. The van der Waals surface area contributed by atoms with Gasteiger partial charge in [0.1, 0.15) is 5.70 Å². The number of rotatable bonds is 3. The van der Waals surface area contributed by atoms with E-state index < -0.39 is 5.97 Å². The molecule has 2 N–H and O–H groups in total. The topological polar surface area (TPSA) is 69.6 Å². The number of carboxylic acids is 1. The molecule has 2 aliphatic rings. The molecule has 1 amide bonds. The first kappa shape index (κ1) is 13.4. The van der Waals surface area contributed by atoms with Gasteiger partial charge in [-0.25, -0.2) is 4.79 Å². The maximum absolute atomic E-state index is 11.4. The Morgan fingerprint density at radius 2 is 2.06 bits per heavy atom. The number of amides is 1. The third-order valence-electron chi connectivity index (χ3n) is 3.27. The minimum absolute atomic E-state index is 0.187. The number of thioether (sulfide) groups is 1. The van der Waals surface area contributed by atoms with Gasteiger partial charge in [-0.2, -0.15) is 0 Å². The number of carboxylic acid groups (broad SMARTS) is 1. The number of hydrogen-bond acceptors (Lipinski definition) is 4. The van der Waals surface area contributed by atoms with E-state index in [0.29, 0.717) is 18.2 Å². The molecule has 0 aromatic rings. The average molecular weight is 270 g/mol. The summed E-state index contributed by atoms with van der Waals surface area (Å²) in [6, 6.07) is 0. The number of carbonyl (C=O) groups excluding carboxylic acids is 1. The van der Waals surface area contributed by atoms with Crippen molar-refractivity contribution in [1.29, 1.82) is 0 Å². The highest BCUT2D eigenvalue weighted by atomic mass is 32.2. The maximum Gasteiger partial charge on any atom is 0.353 e. The molecule has 2 rings (SSSR count). The van der Waals surface area contributed by atoms with E-state index in [1.54, 1.807) is 11.8 Å². The van der Waals surface area contributed by atoms with Crippen molar-refractivity contribution in [2.45, 2.75) is 31.4 Å². The van der Waals surface area contributed by atoms with Crippen LogP contribution in [0.1, 0.15) is 26.2 Å². The van der Waals surface area contributed by atoms with Gasteiger partial charge in [0.15, 0.2) is 0 Å². The van der Waals surface area contributed by atoms with Gasteiger partial charge >= 0.3 is 5.97 Å². The van der Waals surface area contributed by atoms with Crippen LogP contribution in [0, 0.1) is 0 Å². The molecule has 0 saturated carbocycles. The highest BCUT2D eigenvalue weighted by molar-refractivity contribution is 8.03. The summed E-state index contributed by atoms with van der Waals surface area (Å²) in [4.78, 5) is 24.9. The van der Waals surface area contributed by atoms with Crippen LogP contribution in [0.5, 0.6) is 0 Å². The number of hydrogen-bond donors (Lipinski definition) is 2. The lowest BCUT2D eigenvalue weighted by Gasteiger charge is -2.22. The molecule has 0 spiro atoms. The molecule has 0 atom stereocenters. The van der Waals surface area contributed by atoms with E-state index >= 15 is 0 Å². The Labute approximate surface area is 111 Å². The zero-order valence-corrected chi connectivity index (χ0v) is 11.3. The van der Waals surface area contributed by atoms with Crippen molar-refractivity contribution in [3.8, 4) is 0 Å².